The van der Waals surface area contributed by atoms with E-state index in [0.717, 1.165) is 64.2 Å². The summed E-state index contributed by atoms with van der Waals surface area (Å²) in [6.07, 6.45) is 78.9. The highest BCUT2D eigenvalue weighted by atomic mass is 16.7. The maximum atomic E-state index is 13.1. The molecule has 6 N–H and O–H groups in total. The van der Waals surface area contributed by atoms with E-state index in [0.29, 0.717) is 19.4 Å². The number of rotatable bonds is 70. The number of aliphatic hydroxyl groups is 5. The molecule has 1 rings (SSSR count). The molecule has 1 aliphatic heterocycles. The van der Waals surface area contributed by atoms with Crippen molar-refractivity contribution in [1.29, 1.82) is 0 Å². The lowest BCUT2D eigenvalue weighted by molar-refractivity contribution is -0.302. The molecule has 1 aliphatic rings. The van der Waals surface area contributed by atoms with Crippen LogP contribution in [0.15, 0.2) is 36.5 Å². The van der Waals surface area contributed by atoms with Gasteiger partial charge in [-0.05, 0) is 57.8 Å². The Labute approximate surface area is 555 Å². The molecule has 90 heavy (non-hydrogen) atoms. The highest BCUT2D eigenvalue weighted by Crippen LogP contribution is 2.24. The Morgan fingerprint density at radius 3 is 1.10 bits per heavy atom. The van der Waals surface area contributed by atoms with Crippen LogP contribution in [-0.2, 0) is 23.8 Å². The SMILES string of the molecule is CCCCCC/C=C/CC/C=C/CC/C=C/C(O)C(COC1OC(CO)C(O)C(O)C1O)NC(=O)CCCCCCCCCCCCCCCCCCCCCCCCCCCCCCCCCCCCCCCOC(=O)CCCCCCCCCCCCC. The molecule has 0 aromatic carbocycles. The van der Waals surface area contributed by atoms with Crippen molar-refractivity contribution in [3.05, 3.63) is 36.5 Å². The summed E-state index contributed by atoms with van der Waals surface area (Å²) in [5, 5.41) is 54.5. The van der Waals surface area contributed by atoms with E-state index in [9.17, 15) is 35.1 Å². The maximum absolute atomic E-state index is 13.1. The number of allylic oxidation sites excluding steroid dienone is 5. The molecule has 0 aromatic rings. The van der Waals surface area contributed by atoms with E-state index in [1.165, 1.54) is 302 Å². The fourth-order valence-electron chi connectivity index (χ4n) is 12.6. The van der Waals surface area contributed by atoms with E-state index >= 15 is 0 Å². The van der Waals surface area contributed by atoms with Crippen molar-refractivity contribution in [3.63, 3.8) is 0 Å². The molecule has 0 radical (unpaired) electrons. The predicted molar refractivity (Wildman–Crippen MR) is 380 cm³/mol. The molecular formula is C79H149NO10. The molecule has 1 fully saturated rings. The maximum Gasteiger partial charge on any atom is 0.305 e. The quantitative estimate of drug-likeness (QED) is 0.0195. The Bertz CT molecular complexity index is 1590. The van der Waals surface area contributed by atoms with Gasteiger partial charge >= 0.3 is 5.97 Å². The molecule has 7 unspecified atom stereocenters. The molecule has 1 heterocycles. The number of nitrogens with one attached hydrogen (secondary N) is 1. The lowest BCUT2D eigenvalue weighted by Gasteiger charge is -2.40. The minimum absolute atomic E-state index is 0.0172. The molecule has 0 spiro atoms. The summed E-state index contributed by atoms with van der Waals surface area (Å²) in [6.45, 7) is 4.35. The van der Waals surface area contributed by atoms with Crippen molar-refractivity contribution in [1.82, 2.24) is 5.32 Å². The van der Waals surface area contributed by atoms with Crippen molar-refractivity contribution in [2.75, 3.05) is 19.8 Å². The molecule has 0 bridgehead atoms. The predicted octanol–water partition coefficient (Wildman–Crippen LogP) is 20.9. The van der Waals surface area contributed by atoms with Crippen LogP contribution in [0, 0.1) is 0 Å². The van der Waals surface area contributed by atoms with Crippen LogP contribution in [0.2, 0.25) is 0 Å². The topological polar surface area (TPSA) is 175 Å². The third-order valence-electron chi connectivity index (χ3n) is 18.7. The van der Waals surface area contributed by atoms with Crippen molar-refractivity contribution in [3.8, 4) is 0 Å². The first kappa shape index (κ1) is 85.9. The van der Waals surface area contributed by atoms with Gasteiger partial charge in [-0.1, -0.05) is 359 Å². The first-order valence-electron chi connectivity index (χ1n) is 39.3. The minimum atomic E-state index is -1.58. The second-order valence-corrected chi connectivity index (χ2v) is 27.4. The number of carbonyl (C=O) groups excluding carboxylic acids is 2. The third kappa shape index (κ3) is 56.2. The average Bonchev–Trinajstić information content (AvgIpc) is 1.17. The van der Waals surface area contributed by atoms with Gasteiger partial charge in [0.1, 0.15) is 24.4 Å². The van der Waals surface area contributed by atoms with Gasteiger partial charge in [-0.25, -0.2) is 0 Å². The second-order valence-electron chi connectivity index (χ2n) is 27.4. The van der Waals surface area contributed by atoms with Gasteiger partial charge in [0.2, 0.25) is 5.91 Å². The summed E-state index contributed by atoms with van der Waals surface area (Å²) in [7, 11) is 0. The summed E-state index contributed by atoms with van der Waals surface area (Å²) in [6, 6.07) is -0.831. The average molecular weight is 1270 g/mol. The zero-order valence-corrected chi connectivity index (χ0v) is 59.1. The molecule has 0 aliphatic carbocycles. The van der Waals surface area contributed by atoms with Crippen molar-refractivity contribution < 1.29 is 49.3 Å². The molecule has 530 valence electrons. The van der Waals surface area contributed by atoms with Crippen LogP contribution < -0.4 is 5.32 Å². The highest BCUT2D eigenvalue weighted by molar-refractivity contribution is 5.76. The van der Waals surface area contributed by atoms with E-state index in [-0.39, 0.29) is 18.5 Å². The van der Waals surface area contributed by atoms with E-state index in [1.807, 2.05) is 6.08 Å². The van der Waals surface area contributed by atoms with Gasteiger partial charge in [-0.2, -0.15) is 0 Å². The van der Waals surface area contributed by atoms with Crippen molar-refractivity contribution in [2.24, 2.45) is 0 Å². The Kier molecular flexibility index (Phi) is 65.2. The van der Waals surface area contributed by atoms with Crippen LogP contribution in [0.1, 0.15) is 393 Å². The van der Waals surface area contributed by atoms with Crippen molar-refractivity contribution in [2.45, 2.75) is 436 Å². The zero-order valence-electron chi connectivity index (χ0n) is 59.1. The third-order valence-corrected chi connectivity index (χ3v) is 18.7. The van der Waals surface area contributed by atoms with Gasteiger partial charge in [0.25, 0.3) is 0 Å². The number of hydrogen-bond donors (Lipinski definition) is 6. The smallest absolute Gasteiger partial charge is 0.305 e. The number of amides is 1. The standard InChI is InChI=1S/C79H149NO10/c1-3-5-7-9-11-13-15-16-42-46-49-53-57-61-65-72(82)71(70-89-79-78(87)77(86)76(85)73(69-81)90-79)80-74(83)66-62-58-54-50-47-43-40-38-36-34-32-30-28-26-24-22-20-18-17-19-21-23-25-27-29-31-33-35-37-39-41-44-48-52-56-60-64-68-88-75(84)67-63-59-55-51-45-14-12-10-8-6-4-2/h13,15,46,49,61,65,71-73,76-79,81-82,85-87H,3-12,14,16-45,47-48,50-60,62-64,66-70H2,1-2H3,(H,80,83)/b15-13+,49-46+,65-61+. The summed E-state index contributed by atoms with van der Waals surface area (Å²) in [5.41, 5.74) is 0. The van der Waals surface area contributed by atoms with Crippen LogP contribution in [-0.4, -0.2) is 100 Å². The van der Waals surface area contributed by atoms with Crippen LogP contribution in [0.5, 0.6) is 0 Å². The zero-order chi connectivity index (χ0) is 65.1. The van der Waals surface area contributed by atoms with Gasteiger partial charge in [-0.3, -0.25) is 9.59 Å². The molecule has 11 nitrogen and oxygen atoms in total. The molecular weight excluding hydrogens is 1120 g/mol. The number of esters is 1. The Balaban J connectivity index is 1.91. The lowest BCUT2D eigenvalue weighted by Crippen LogP contribution is -2.60. The first-order valence-corrected chi connectivity index (χ1v) is 39.3. The van der Waals surface area contributed by atoms with E-state index in [1.54, 1.807) is 6.08 Å². The molecule has 1 amide bonds. The Morgan fingerprint density at radius 2 is 0.722 bits per heavy atom. The van der Waals surface area contributed by atoms with Crippen LogP contribution in [0.25, 0.3) is 0 Å². The number of hydrogen-bond acceptors (Lipinski definition) is 10. The first-order chi connectivity index (χ1) is 44.2. The molecule has 1 saturated heterocycles. The summed E-state index contributed by atoms with van der Waals surface area (Å²) < 4.78 is 16.7. The number of aliphatic hydroxyl groups excluding tert-OH is 5. The van der Waals surface area contributed by atoms with E-state index < -0.39 is 49.5 Å². The van der Waals surface area contributed by atoms with Gasteiger partial charge < -0.3 is 45.1 Å². The van der Waals surface area contributed by atoms with Gasteiger partial charge in [0.05, 0.1) is 32.0 Å². The van der Waals surface area contributed by atoms with E-state index in [4.69, 9.17) is 14.2 Å². The number of carbonyl (C=O) groups is 2. The molecule has 7 atom stereocenters. The number of unbranched alkanes of at least 4 members (excludes halogenated alkanes) is 52. The lowest BCUT2D eigenvalue weighted by atomic mass is 9.99. The van der Waals surface area contributed by atoms with Gasteiger partial charge in [-0.15, -0.1) is 0 Å². The Hall–Kier alpha value is -2.12. The Morgan fingerprint density at radius 1 is 0.400 bits per heavy atom. The highest BCUT2D eigenvalue weighted by Gasteiger charge is 2.44. The largest absolute Gasteiger partial charge is 0.466 e. The monoisotopic (exact) mass is 1270 g/mol. The molecule has 0 saturated carbocycles. The van der Waals surface area contributed by atoms with Crippen LogP contribution >= 0.6 is 0 Å². The fraction of sp³-hybridized carbons (Fsp3) is 0.899. The fourth-order valence-corrected chi connectivity index (χ4v) is 12.6. The molecule has 0 aromatic heterocycles. The normalized spacial score (nSPS) is 17.8. The van der Waals surface area contributed by atoms with Gasteiger partial charge in [0.15, 0.2) is 6.29 Å². The van der Waals surface area contributed by atoms with Crippen LogP contribution in [0.3, 0.4) is 0 Å². The van der Waals surface area contributed by atoms with Crippen LogP contribution in [0.4, 0.5) is 0 Å². The second kappa shape index (κ2) is 68.3. The summed E-state index contributed by atoms with van der Waals surface area (Å²) >= 11 is 0. The summed E-state index contributed by atoms with van der Waals surface area (Å²) in [4.78, 5) is 25.1. The molecule has 11 heteroatoms. The minimum Gasteiger partial charge on any atom is -0.466 e. The number of ether oxygens (including phenoxy) is 3. The van der Waals surface area contributed by atoms with E-state index in [2.05, 4.69) is 43.5 Å². The summed E-state index contributed by atoms with van der Waals surface area (Å²) in [5.74, 6) is -0.172. The van der Waals surface area contributed by atoms with Crippen molar-refractivity contribution >= 4 is 11.9 Å². The van der Waals surface area contributed by atoms with Gasteiger partial charge in [0, 0.05) is 12.8 Å².